The van der Waals surface area contributed by atoms with Gasteiger partial charge in [0.2, 0.25) is 0 Å². The molecule has 21 heavy (non-hydrogen) atoms. The number of carbonyl (C=O) groups is 1. The summed E-state index contributed by atoms with van der Waals surface area (Å²) in [6.45, 7) is 3.99. The molecule has 0 aliphatic rings. The minimum atomic E-state index is 0.217. The Labute approximate surface area is 127 Å². The minimum Gasteiger partial charge on any atom is -0.508 e. The van der Waals surface area contributed by atoms with E-state index >= 15 is 0 Å². The van der Waals surface area contributed by atoms with Crippen molar-refractivity contribution in [2.75, 3.05) is 0 Å². The lowest BCUT2D eigenvalue weighted by Crippen LogP contribution is -1.93. The second-order valence-corrected chi connectivity index (χ2v) is 6.33. The number of Topliss-reactive ketones (excluding diaryl/α,β-unsaturated/α-hetero) is 1. The molecule has 0 saturated heterocycles. The summed E-state index contributed by atoms with van der Waals surface area (Å²) in [6, 6.07) is 9.36. The number of phenolic OH excluding ortho intramolecular Hbond substituents is 1. The molecule has 3 nitrogen and oxygen atoms in total. The van der Waals surface area contributed by atoms with Crippen molar-refractivity contribution < 1.29 is 9.90 Å². The summed E-state index contributed by atoms with van der Waals surface area (Å²) in [4.78, 5) is 16.1. The average molecular weight is 299 g/mol. The Morgan fingerprint density at radius 1 is 1.29 bits per heavy atom. The summed E-state index contributed by atoms with van der Waals surface area (Å²) in [5.74, 6) is 0.492. The first-order chi connectivity index (χ1) is 10.1. The van der Waals surface area contributed by atoms with E-state index in [1.54, 1.807) is 12.1 Å². The Morgan fingerprint density at radius 2 is 2.10 bits per heavy atom. The first-order valence-corrected chi connectivity index (χ1v) is 7.86. The van der Waals surface area contributed by atoms with Crippen molar-refractivity contribution in [3.05, 3.63) is 40.8 Å². The smallest absolute Gasteiger partial charge is 0.172 e. The number of aromatic hydroxyl groups is 1. The van der Waals surface area contributed by atoms with Crippen LogP contribution in [-0.4, -0.2) is 15.9 Å². The molecule has 0 saturated carbocycles. The number of H-pyrrole nitrogens is 1. The van der Waals surface area contributed by atoms with Crippen molar-refractivity contribution >= 4 is 27.3 Å². The molecule has 0 fully saturated rings. The van der Waals surface area contributed by atoms with Crippen LogP contribution >= 0.6 is 11.3 Å². The lowest BCUT2D eigenvalue weighted by molar-refractivity contribution is 0.0985. The number of benzene rings is 1. The molecule has 2 heterocycles. The summed E-state index contributed by atoms with van der Waals surface area (Å²) in [5, 5.41) is 9.49. The van der Waals surface area contributed by atoms with E-state index in [1.807, 2.05) is 26.0 Å². The van der Waals surface area contributed by atoms with Gasteiger partial charge in [0.25, 0.3) is 0 Å². The third kappa shape index (κ3) is 2.59. The van der Waals surface area contributed by atoms with Gasteiger partial charge in [0.15, 0.2) is 5.78 Å². The van der Waals surface area contributed by atoms with Gasteiger partial charge in [0.1, 0.15) is 5.75 Å². The van der Waals surface area contributed by atoms with Gasteiger partial charge in [-0.15, -0.1) is 11.3 Å². The monoisotopic (exact) mass is 299 g/mol. The van der Waals surface area contributed by atoms with Crippen LogP contribution in [0.2, 0.25) is 0 Å². The van der Waals surface area contributed by atoms with E-state index in [4.69, 9.17) is 0 Å². The molecule has 0 amide bonds. The Morgan fingerprint density at radius 3 is 2.76 bits per heavy atom. The molecule has 0 radical (unpaired) electrons. The second-order valence-electron chi connectivity index (χ2n) is 5.24. The molecular weight excluding hydrogens is 282 g/mol. The lowest BCUT2D eigenvalue weighted by Gasteiger charge is -2.03. The predicted molar refractivity (Wildman–Crippen MR) is 87.3 cm³/mol. The highest BCUT2D eigenvalue weighted by Gasteiger charge is 2.13. The van der Waals surface area contributed by atoms with Crippen molar-refractivity contribution in [2.45, 2.75) is 26.7 Å². The average Bonchev–Trinajstić information content (AvgIpc) is 2.97. The molecule has 0 spiro atoms. The summed E-state index contributed by atoms with van der Waals surface area (Å²) >= 11 is 1.54. The zero-order valence-electron chi connectivity index (χ0n) is 12.1. The molecule has 0 aliphatic carbocycles. The normalized spacial score (nSPS) is 11.1. The molecule has 3 aromatic rings. The molecular formula is C17H17NO2S. The molecule has 2 N–H and O–H groups in total. The summed E-state index contributed by atoms with van der Waals surface area (Å²) in [6.07, 6.45) is 1.48. The summed E-state index contributed by atoms with van der Waals surface area (Å²) in [5.41, 5.74) is 4.11. The van der Waals surface area contributed by atoms with Gasteiger partial charge in [-0.1, -0.05) is 6.92 Å². The number of hydrogen-bond donors (Lipinski definition) is 2. The molecule has 0 aliphatic heterocycles. The van der Waals surface area contributed by atoms with Crippen molar-refractivity contribution in [2.24, 2.45) is 0 Å². The molecule has 0 atom stereocenters. The zero-order valence-corrected chi connectivity index (χ0v) is 12.9. The van der Waals surface area contributed by atoms with Crippen molar-refractivity contribution in [1.29, 1.82) is 0 Å². The maximum Gasteiger partial charge on any atom is 0.172 e. The summed E-state index contributed by atoms with van der Waals surface area (Å²) < 4.78 is 1.09. The van der Waals surface area contributed by atoms with Crippen LogP contribution in [-0.2, 0) is 0 Å². The van der Waals surface area contributed by atoms with Crippen LogP contribution in [0.25, 0.3) is 21.5 Å². The van der Waals surface area contributed by atoms with Crippen LogP contribution in [0.4, 0.5) is 0 Å². The molecule has 2 aromatic heterocycles. The van der Waals surface area contributed by atoms with Gasteiger partial charge in [-0.25, -0.2) is 0 Å². The Kier molecular flexibility index (Phi) is 3.55. The van der Waals surface area contributed by atoms with Gasteiger partial charge in [-0.3, -0.25) is 4.79 Å². The first-order valence-electron chi connectivity index (χ1n) is 7.04. The number of aromatic amines is 1. The van der Waals surface area contributed by atoms with Crippen LogP contribution in [0.15, 0.2) is 30.3 Å². The van der Waals surface area contributed by atoms with Gasteiger partial charge in [-0.2, -0.15) is 0 Å². The standard InChI is InChI=1S/C17H17NO2S/c1-3-4-15(20)17-9-14-16(21-17)8-13(18-14)12-6-5-11(19)7-10(12)2/h5-9,18-19H,3-4H2,1-2H3. The second kappa shape index (κ2) is 5.37. The Hall–Kier alpha value is -2.07. The molecule has 1 aromatic carbocycles. The maximum absolute atomic E-state index is 11.9. The van der Waals surface area contributed by atoms with Crippen molar-refractivity contribution in [3.63, 3.8) is 0 Å². The maximum atomic E-state index is 11.9. The first kappa shape index (κ1) is 13.9. The zero-order chi connectivity index (χ0) is 15.0. The largest absolute Gasteiger partial charge is 0.508 e. The van der Waals surface area contributed by atoms with Gasteiger partial charge < -0.3 is 10.1 Å². The van der Waals surface area contributed by atoms with Crippen LogP contribution in [0, 0.1) is 6.92 Å². The number of phenols is 1. The number of aryl methyl sites for hydroxylation is 1. The SMILES string of the molecule is CCCC(=O)c1cc2[nH]c(-c3ccc(O)cc3C)cc2s1. The van der Waals surface area contributed by atoms with E-state index in [1.165, 1.54) is 11.3 Å². The van der Waals surface area contributed by atoms with Gasteiger partial charge in [0.05, 0.1) is 15.1 Å². The van der Waals surface area contributed by atoms with Crippen LogP contribution < -0.4 is 0 Å². The fourth-order valence-corrected chi connectivity index (χ4v) is 3.53. The predicted octanol–water partition coefficient (Wildman–Crippen LogP) is 4.89. The molecule has 108 valence electrons. The fourth-order valence-electron chi connectivity index (χ4n) is 2.51. The lowest BCUT2D eigenvalue weighted by atomic mass is 10.1. The number of carbonyl (C=O) groups excluding carboxylic acids is 1. The number of ketones is 1. The number of aromatic nitrogens is 1. The number of nitrogens with one attached hydrogen (secondary N) is 1. The van der Waals surface area contributed by atoms with Crippen molar-refractivity contribution in [3.8, 4) is 17.0 Å². The van der Waals surface area contributed by atoms with Gasteiger partial charge >= 0.3 is 0 Å². The van der Waals surface area contributed by atoms with E-state index in [0.29, 0.717) is 6.42 Å². The molecule has 4 heteroatoms. The van der Waals surface area contributed by atoms with Gasteiger partial charge in [-0.05, 0) is 49.2 Å². The number of thiophene rings is 1. The van der Waals surface area contributed by atoms with Crippen molar-refractivity contribution in [1.82, 2.24) is 4.98 Å². The van der Waals surface area contributed by atoms with Crippen LogP contribution in [0.5, 0.6) is 5.75 Å². The topological polar surface area (TPSA) is 53.1 Å². The number of rotatable bonds is 4. The highest BCUT2D eigenvalue weighted by molar-refractivity contribution is 7.20. The third-order valence-electron chi connectivity index (χ3n) is 3.56. The quantitative estimate of drug-likeness (QED) is 0.674. The van der Waals surface area contributed by atoms with Gasteiger partial charge in [0, 0.05) is 17.7 Å². The molecule has 0 bridgehead atoms. The molecule has 3 rings (SSSR count). The highest BCUT2D eigenvalue weighted by Crippen LogP contribution is 2.33. The Balaban J connectivity index is 1.99. The number of hydrogen-bond acceptors (Lipinski definition) is 3. The third-order valence-corrected chi connectivity index (χ3v) is 4.68. The Bertz CT molecular complexity index is 782. The van der Waals surface area contributed by atoms with Crippen LogP contribution in [0.1, 0.15) is 35.0 Å². The minimum absolute atomic E-state index is 0.217. The van der Waals surface area contributed by atoms with E-state index < -0.39 is 0 Å². The van der Waals surface area contributed by atoms with Crippen LogP contribution in [0.3, 0.4) is 0 Å². The van der Waals surface area contributed by atoms with E-state index in [-0.39, 0.29) is 11.5 Å². The molecule has 0 unspecified atom stereocenters. The number of fused-ring (bicyclic) bond motifs is 1. The fraction of sp³-hybridized carbons (Fsp3) is 0.235. The van der Waals surface area contributed by atoms with E-state index in [0.717, 1.165) is 38.3 Å². The highest BCUT2D eigenvalue weighted by atomic mass is 32.1. The summed E-state index contributed by atoms with van der Waals surface area (Å²) in [7, 11) is 0. The van der Waals surface area contributed by atoms with E-state index in [9.17, 15) is 9.90 Å². The van der Waals surface area contributed by atoms with E-state index in [2.05, 4.69) is 11.1 Å².